The van der Waals surface area contributed by atoms with Gasteiger partial charge in [0.1, 0.15) is 0 Å². The van der Waals surface area contributed by atoms with Gasteiger partial charge in [0.2, 0.25) is 0 Å². The van der Waals surface area contributed by atoms with Crippen molar-refractivity contribution >= 4 is 38.6 Å². The Morgan fingerprint density at radius 1 is 0.500 bits per heavy atom. The van der Waals surface area contributed by atoms with Crippen LogP contribution in [0.3, 0.4) is 0 Å². The Morgan fingerprint density at radius 2 is 0.786 bits per heavy atom. The van der Waals surface area contributed by atoms with E-state index >= 15 is 0 Å². The van der Waals surface area contributed by atoms with Gasteiger partial charge in [-0.25, -0.2) is 0 Å². The average molecular weight is 413 g/mol. The van der Waals surface area contributed by atoms with Gasteiger partial charge in [0, 0.05) is 0 Å². The molecule has 0 fully saturated rings. The summed E-state index contributed by atoms with van der Waals surface area (Å²) in [6.07, 6.45) is 4.73. The van der Waals surface area contributed by atoms with E-state index in [1.807, 2.05) is 0 Å². The maximum Gasteiger partial charge on any atom is -0.0163 e. The maximum absolute atomic E-state index is 2.37. The number of hydrogen-bond acceptors (Lipinski definition) is 0. The van der Waals surface area contributed by atoms with Gasteiger partial charge in [0.25, 0.3) is 0 Å². The Hall–Kier alpha value is -0.960. The van der Waals surface area contributed by atoms with E-state index in [1.54, 1.807) is 10.6 Å². The maximum atomic E-state index is 2.37. The summed E-state index contributed by atoms with van der Waals surface area (Å²) >= 11 is 0. The van der Waals surface area contributed by atoms with Gasteiger partial charge < -0.3 is 0 Å². The predicted molar refractivity (Wildman–Crippen MR) is 135 cm³/mol. The molecule has 0 amide bonds. The minimum Gasteiger partial charge on any atom is -0.0694 e. The van der Waals surface area contributed by atoms with Gasteiger partial charge in [-0.05, 0) is 44.4 Å². The van der Waals surface area contributed by atoms with Crippen molar-refractivity contribution in [3.63, 3.8) is 0 Å². The number of benzene rings is 2. The highest BCUT2D eigenvalue weighted by Crippen LogP contribution is 2.47. The van der Waals surface area contributed by atoms with E-state index in [1.165, 1.54) is 11.1 Å². The molecule has 152 valence electrons. The van der Waals surface area contributed by atoms with Crippen LogP contribution < -0.4 is 10.6 Å². The molecule has 0 heterocycles. The van der Waals surface area contributed by atoms with Gasteiger partial charge in [0.15, 0.2) is 0 Å². The molecule has 28 heavy (non-hydrogen) atoms. The largest absolute Gasteiger partial charge is 0.0694 e. The van der Waals surface area contributed by atoms with Crippen LogP contribution >= 0.6 is 15.8 Å². The third-order valence-electron chi connectivity index (χ3n) is 5.10. The number of hydrogen-bond donors (Lipinski definition) is 0. The standard InChI is InChI=1S/C26H38P2/c1-19(2)27(20(3)4)25-15-11-9-13-23(25)17-18-24-14-10-12-16-26(24)28(21(5)6)22(7)8/h9-22H,1-8H3/b18-17+. The van der Waals surface area contributed by atoms with Crippen molar-refractivity contribution < 1.29 is 0 Å². The minimum absolute atomic E-state index is 0.163. The average Bonchev–Trinajstić information content (AvgIpc) is 2.61. The molecule has 0 radical (unpaired) electrons. The van der Waals surface area contributed by atoms with Crippen LogP contribution in [0.5, 0.6) is 0 Å². The lowest BCUT2D eigenvalue weighted by Crippen LogP contribution is -2.18. The summed E-state index contributed by atoms with van der Waals surface area (Å²) in [6.45, 7) is 19.0. The van der Waals surface area contributed by atoms with Crippen LogP contribution in [0.15, 0.2) is 48.5 Å². The fourth-order valence-electron chi connectivity index (χ4n) is 4.21. The molecule has 0 N–H and O–H groups in total. The zero-order valence-corrected chi connectivity index (χ0v) is 20.8. The van der Waals surface area contributed by atoms with E-state index in [2.05, 4.69) is 116 Å². The van der Waals surface area contributed by atoms with Crippen LogP contribution in [0.1, 0.15) is 66.5 Å². The summed E-state index contributed by atoms with van der Waals surface area (Å²) in [7, 11) is -0.326. The van der Waals surface area contributed by atoms with Crippen molar-refractivity contribution in [3.8, 4) is 0 Å². The molecular formula is C26H38P2. The summed E-state index contributed by atoms with van der Waals surface area (Å²) in [5, 5.41) is 3.09. The Balaban J connectivity index is 2.46. The molecule has 2 heteroatoms. The molecule has 2 aromatic rings. The van der Waals surface area contributed by atoms with Crippen LogP contribution in [0.25, 0.3) is 12.2 Å². The van der Waals surface area contributed by atoms with Crippen molar-refractivity contribution in [1.29, 1.82) is 0 Å². The lowest BCUT2D eigenvalue weighted by molar-refractivity contribution is 1.02. The molecule has 0 aromatic heterocycles. The summed E-state index contributed by atoms with van der Waals surface area (Å²) in [6, 6.07) is 18.1. The second kappa shape index (κ2) is 10.7. The summed E-state index contributed by atoms with van der Waals surface area (Å²) in [5.74, 6) is 0. The molecule has 0 unspecified atom stereocenters. The van der Waals surface area contributed by atoms with Crippen LogP contribution in [0, 0.1) is 0 Å². The molecular weight excluding hydrogens is 374 g/mol. The van der Waals surface area contributed by atoms with Crippen molar-refractivity contribution in [1.82, 2.24) is 0 Å². The second-order valence-electron chi connectivity index (χ2n) is 8.64. The Kier molecular flexibility index (Phi) is 8.92. The monoisotopic (exact) mass is 412 g/mol. The fourth-order valence-corrected chi connectivity index (χ4v) is 10.2. The first-order valence-electron chi connectivity index (χ1n) is 10.7. The quantitative estimate of drug-likeness (QED) is 0.308. The molecule has 0 saturated heterocycles. The van der Waals surface area contributed by atoms with Crippen molar-refractivity contribution in [2.24, 2.45) is 0 Å². The normalized spacial score (nSPS) is 12.6. The summed E-state index contributed by atoms with van der Waals surface area (Å²) < 4.78 is 0. The fraction of sp³-hybridized carbons (Fsp3) is 0.462. The molecule has 0 nitrogen and oxygen atoms in total. The lowest BCUT2D eigenvalue weighted by Gasteiger charge is -2.28. The SMILES string of the molecule is CC(C)P(c1ccccc1/C=C/c1ccccc1P(C(C)C)C(C)C)C(C)C. The molecule has 2 rings (SSSR count). The van der Waals surface area contributed by atoms with E-state index in [9.17, 15) is 0 Å². The molecule has 0 spiro atoms. The Bertz CT molecular complexity index is 690. The van der Waals surface area contributed by atoms with E-state index in [0.29, 0.717) is 22.6 Å². The van der Waals surface area contributed by atoms with Gasteiger partial charge in [-0.3, -0.25) is 0 Å². The molecule has 0 saturated carbocycles. The first kappa shape index (κ1) is 23.3. The highest BCUT2D eigenvalue weighted by molar-refractivity contribution is 7.67. The Labute approximate surface area is 176 Å². The second-order valence-corrected chi connectivity index (χ2v) is 15.4. The van der Waals surface area contributed by atoms with Crippen LogP contribution in [0.4, 0.5) is 0 Å². The smallest absolute Gasteiger partial charge is 0.0163 e. The first-order valence-corrected chi connectivity index (χ1v) is 13.6. The van der Waals surface area contributed by atoms with E-state index in [-0.39, 0.29) is 15.8 Å². The van der Waals surface area contributed by atoms with Gasteiger partial charge in [-0.15, -0.1) is 0 Å². The van der Waals surface area contributed by atoms with Crippen LogP contribution in [-0.2, 0) is 0 Å². The minimum atomic E-state index is -0.163. The van der Waals surface area contributed by atoms with Crippen molar-refractivity contribution in [2.75, 3.05) is 0 Å². The van der Waals surface area contributed by atoms with Crippen molar-refractivity contribution in [2.45, 2.75) is 78.0 Å². The summed E-state index contributed by atoms with van der Waals surface area (Å²) in [5.41, 5.74) is 5.59. The molecule has 0 aliphatic rings. The molecule has 0 aliphatic carbocycles. The molecule has 0 atom stereocenters. The van der Waals surface area contributed by atoms with E-state index < -0.39 is 0 Å². The zero-order chi connectivity index (χ0) is 20.8. The first-order chi connectivity index (χ1) is 13.2. The number of rotatable bonds is 8. The van der Waals surface area contributed by atoms with Gasteiger partial charge in [-0.1, -0.05) is 132 Å². The topological polar surface area (TPSA) is 0 Å². The molecule has 0 bridgehead atoms. The van der Waals surface area contributed by atoms with Crippen LogP contribution in [-0.4, -0.2) is 22.6 Å². The van der Waals surface area contributed by atoms with Gasteiger partial charge in [-0.2, -0.15) is 0 Å². The third kappa shape index (κ3) is 5.78. The van der Waals surface area contributed by atoms with E-state index in [0.717, 1.165) is 0 Å². The third-order valence-corrected chi connectivity index (χ3v) is 11.5. The highest BCUT2D eigenvalue weighted by Gasteiger charge is 2.22. The molecule has 2 aromatic carbocycles. The van der Waals surface area contributed by atoms with Gasteiger partial charge >= 0.3 is 0 Å². The van der Waals surface area contributed by atoms with E-state index in [4.69, 9.17) is 0 Å². The van der Waals surface area contributed by atoms with Crippen LogP contribution in [0.2, 0.25) is 0 Å². The van der Waals surface area contributed by atoms with Gasteiger partial charge in [0.05, 0.1) is 0 Å². The van der Waals surface area contributed by atoms with Crippen molar-refractivity contribution in [3.05, 3.63) is 59.7 Å². The highest BCUT2D eigenvalue weighted by atomic mass is 31.1. The Morgan fingerprint density at radius 3 is 1.07 bits per heavy atom. The summed E-state index contributed by atoms with van der Waals surface area (Å²) in [4.78, 5) is 0. The predicted octanol–water partition coefficient (Wildman–Crippen LogP) is 7.71. The lowest BCUT2D eigenvalue weighted by atomic mass is 10.1. The zero-order valence-electron chi connectivity index (χ0n) is 19.0. The molecule has 0 aliphatic heterocycles.